The molecule has 0 bridgehead atoms. The number of carbonyl (C=O) groups is 1. The number of aromatic nitrogens is 2. The van der Waals surface area contributed by atoms with Crippen LogP contribution < -0.4 is 15.6 Å². The Hall–Kier alpha value is -3.35. The van der Waals surface area contributed by atoms with Gasteiger partial charge in [-0.2, -0.15) is 5.10 Å². The van der Waals surface area contributed by atoms with Crippen LogP contribution in [0.2, 0.25) is 0 Å². The van der Waals surface area contributed by atoms with E-state index in [1.54, 1.807) is 24.5 Å². The molecule has 1 aromatic carbocycles. The summed E-state index contributed by atoms with van der Waals surface area (Å²) in [5, 5.41) is 6.99. The average molecular weight is 367 g/mol. The lowest BCUT2D eigenvalue weighted by molar-refractivity contribution is -0.123. The van der Waals surface area contributed by atoms with Gasteiger partial charge in [-0.15, -0.1) is 0 Å². The zero-order valence-electron chi connectivity index (χ0n) is 15.3. The fourth-order valence-electron chi connectivity index (χ4n) is 2.68. The fraction of sp³-hybridized carbons (Fsp3) is 0.250. The minimum atomic E-state index is -0.257. The predicted molar refractivity (Wildman–Crippen MR) is 101 cm³/mol. The van der Waals surface area contributed by atoms with E-state index in [9.17, 15) is 9.59 Å². The molecule has 7 heteroatoms. The highest BCUT2D eigenvalue weighted by Gasteiger charge is 2.08. The second kappa shape index (κ2) is 8.35. The summed E-state index contributed by atoms with van der Waals surface area (Å²) in [6, 6.07) is 12.4. The molecule has 0 radical (unpaired) electrons. The van der Waals surface area contributed by atoms with Gasteiger partial charge in [0, 0.05) is 12.6 Å². The Morgan fingerprint density at radius 1 is 1.15 bits per heavy atom. The minimum absolute atomic E-state index is 0.0829. The van der Waals surface area contributed by atoms with Gasteiger partial charge in [-0.25, -0.2) is 4.68 Å². The number of hydrogen-bond acceptors (Lipinski definition) is 5. The number of rotatable bonds is 7. The first kappa shape index (κ1) is 18.4. The highest BCUT2D eigenvalue weighted by molar-refractivity contribution is 5.77. The van der Waals surface area contributed by atoms with Crippen LogP contribution >= 0.6 is 0 Å². The number of nitrogens with zero attached hydrogens (tertiary/aromatic N) is 2. The van der Waals surface area contributed by atoms with Gasteiger partial charge in [-0.05, 0) is 43.2 Å². The highest BCUT2D eigenvalue weighted by Crippen LogP contribution is 2.22. The molecule has 27 heavy (non-hydrogen) atoms. The molecule has 0 aliphatic carbocycles. The van der Waals surface area contributed by atoms with Gasteiger partial charge < -0.3 is 14.5 Å². The summed E-state index contributed by atoms with van der Waals surface area (Å²) < 4.78 is 12.2. The molecular weight excluding hydrogens is 346 g/mol. The normalized spacial score (nSPS) is 10.6. The van der Waals surface area contributed by atoms with Gasteiger partial charge in [0.2, 0.25) is 0 Å². The summed E-state index contributed by atoms with van der Waals surface area (Å²) in [6.07, 6.45) is 1.54. The molecule has 1 N–H and O–H groups in total. The van der Waals surface area contributed by atoms with Crippen molar-refractivity contribution in [3.63, 3.8) is 0 Å². The Kier molecular flexibility index (Phi) is 5.71. The van der Waals surface area contributed by atoms with Crippen LogP contribution in [0.5, 0.6) is 5.75 Å². The molecule has 0 unspecified atom stereocenters. The summed E-state index contributed by atoms with van der Waals surface area (Å²) >= 11 is 0. The van der Waals surface area contributed by atoms with Crippen LogP contribution in [0.4, 0.5) is 0 Å². The Labute approximate surface area is 156 Å². The number of benzene rings is 1. The van der Waals surface area contributed by atoms with Gasteiger partial charge in [0.1, 0.15) is 11.4 Å². The largest absolute Gasteiger partial charge is 0.483 e. The fourth-order valence-corrected chi connectivity index (χ4v) is 2.68. The zero-order valence-corrected chi connectivity index (χ0v) is 15.3. The lowest BCUT2D eigenvalue weighted by Crippen LogP contribution is -2.34. The molecule has 0 saturated heterocycles. The van der Waals surface area contributed by atoms with E-state index in [-0.39, 0.29) is 31.2 Å². The van der Waals surface area contributed by atoms with Crippen molar-refractivity contribution in [2.75, 3.05) is 13.2 Å². The smallest absolute Gasteiger partial charge is 0.266 e. The first-order chi connectivity index (χ1) is 13.0. The molecule has 0 fully saturated rings. The molecule has 3 aromatic rings. The van der Waals surface area contributed by atoms with Crippen molar-refractivity contribution in [3.05, 3.63) is 70.2 Å². The van der Waals surface area contributed by atoms with E-state index in [0.29, 0.717) is 11.5 Å². The standard InChI is InChI=1S/C20H21N3O4/c1-14-5-3-6-15(2)20(14)27-13-18(24)21-10-11-23-19(25)9-8-16(22-23)17-7-4-12-26-17/h3-9,12H,10-11,13H2,1-2H3,(H,21,24). The Morgan fingerprint density at radius 3 is 2.63 bits per heavy atom. The maximum absolute atomic E-state index is 12.0. The van der Waals surface area contributed by atoms with Gasteiger partial charge in [-0.3, -0.25) is 9.59 Å². The number of para-hydroxylation sites is 1. The maximum atomic E-state index is 12.0. The summed E-state index contributed by atoms with van der Waals surface area (Å²) in [7, 11) is 0. The molecule has 0 saturated carbocycles. The third kappa shape index (κ3) is 4.63. The van der Waals surface area contributed by atoms with Gasteiger partial charge >= 0.3 is 0 Å². The van der Waals surface area contributed by atoms with Crippen LogP contribution in [0.3, 0.4) is 0 Å². The molecule has 140 valence electrons. The van der Waals surface area contributed by atoms with E-state index in [2.05, 4.69) is 10.4 Å². The summed E-state index contributed by atoms with van der Waals surface area (Å²) in [5.74, 6) is 1.04. The van der Waals surface area contributed by atoms with E-state index in [1.165, 1.54) is 10.7 Å². The molecule has 0 aliphatic rings. The highest BCUT2D eigenvalue weighted by atomic mass is 16.5. The number of furan rings is 1. The SMILES string of the molecule is Cc1cccc(C)c1OCC(=O)NCCn1nc(-c2ccco2)ccc1=O. The minimum Gasteiger partial charge on any atom is -0.483 e. The molecular formula is C20H21N3O4. The first-order valence-electron chi connectivity index (χ1n) is 8.62. The molecule has 2 heterocycles. The van der Waals surface area contributed by atoms with Gasteiger partial charge in [-0.1, -0.05) is 18.2 Å². The molecule has 3 rings (SSSR count). The molecule has 0 spiro atoms. The van der Waals surface area contributed by atoms with E-state index in [1.807, 2.05) is 32.0 Å². The van der Waals surface area contributed by atoms with E-state index in [0.717, 1.165) is 16.9 Å². The Balaban J connectivity index is 1.53. The van der Waals surface area contributed by atoms with Crippen molar-refractivity contribution in [2.45, 2.75) is 20.4 Å². The lowest BCUT2D eigenvalue weighted by Gasteiger charge is -2.12. The quantitative estimate of drug-likeness (QED) is 0.693. The van der Waals surface area contributed by atoms with Crippen LogP contribution in [-0.4, -0.2) is 28.8 Å². The topological polar surface area (TPSA) is 86.4 Å². The number of ether oxygens (including phenoxy) is 1. The van der Waals surface area contributed by atoms with E-state index < -0.39 is 0 Å². The van der Waals surface area contributed by atoms with Crippen molar-refractivity contribution in [3.8, 4) is 17.2 Å². The van der Waals surface area contributed by atoms with Crippen molar-refractivity contribution in [1.82, 2.24) is 15.1 Å². The third-order valence-electron chi connectivity index (χ3n) is 4.04. The second-order valence-electron chi connectivity index (χ2n) is 6.12. The van der Waals surface area contributed by atoms with E-state index in [4.69, 9.17) is 9.15 Å². The number of nitrogens with one attached hydrogen (secondary N) is 1. The third-order valence-corrected chi connectivity index (χ3v) is 4.04. The second-order valence-corrected chi connectivity index (χ2v) is 6.12. The summed E-state index contributed by atoms with van der Waals surface area (Å²) in [4.78, 5) is 23.9. The Morgan fingerprint density at radius 2 is 1.93 bits per heavy atom. The summed E-state index contributed by atoms with van der Waals surface area (Å²) in [6.45, 7) is 4.31. The number of amides is 1. The molecule has 0 atom stereocenters. The molecule has 0 aliphatic heterocycles. The van der Waals surface area contributed by atoms with Crippen molar-refractivity contribution in [1.29, 1.82) is 0 Å². The molecule has 2 aromatic heterocycles. The van der Waals surface area contributed by atoms with Gasteiger partial charge in [0.15, 0.2) is 12.4 Å². The monoisotopic (exact) mass is 367 g/mol. The summed E-state index contributed by atoms with van der Waals surface area (Å²) in [5.41, 5.74) is 2.28. The number of carbonyl (C=O) groups excluding carboxylic acids is 1. The number of hydrogen-bond donors (Lipinski definition) is 1. The molecule has 1 amide bonds. The lowest BCUT2D eigenvalue weighted by atomic mass is 10.1. The van der Waals surface area contributed by atoms with E-state index >= 15 is 0 Å². The number of aryl methyl sites for hydroxylation is 2. The van der Waals surface area contributed by atoms with Crippen LogP contribution in [0, 0.1) is 13.8 Å². The van der Waals surface area contributed by atoms with Crippen LogP contribution in [0.25, 0.3) is 11.5 Å². The van der Waals surface area contributed by atoms with Crippen molar-refractivity contribution >= 4 is 5.91 Å². The zero-order chi connectivity index (χ0) is 19.2. The van der Waals surface area contributed by atoms with Crippen LogP contribution in [0.1, 0.15) is 11.1 Å². The maximum Gasteiger partial charge on any atom is 0.266 e. The Bertz CT molecular complexity index is 957. The van der Waals surface area contributed by atoms with Crippen LogP contribution in [0.15, 0.2) is 57.9 Å². The van der Waals surface area contributed by atoms with Crippen LogP contribution in [-0.2, 0) is 11.3 Å². The van der Waals surface area contributed by atoms with Crippen molar-refractivity contribution < 1.29 is 13.9 Å². The molecule has 7 nitrogen and oxygen atoms in total. The predicted octanol–water partition coefficient (Wildman–Crippen LogP) is 2.32. The first-order valence-corrected chi connectivity index (χ1v) is 8.62. The van der Waals surface area contributed by atoms with Gasteiger partial charge in [0.05, 0.1) is 12.8 Å². The van der Waals surface area contributed by atoms with Crippen molar-refractivity contribution in [2.24, 2.45) is 0 Å². The van der Waals surface area contributed by atoms with Gasteiger partial charge in [0.25, 0.3) is 11.5 Å². The average Bonchev–Trinajstić information content (AvgIpc) is 3.17.